The summed E-state index contributed by atoms with van der Waals surface area (Å²) >= 11 is 0. The number of hydrogen-bond donors (Lipinski definition) is 1. The Bertz CT molecular complexity index is 1480. The van der Waals surface area contributed by atoms with E-state index in [1.54, 1.807) is 10.6 Å². The molecule has 198 valence electrons. The predicted octanol–water partition coefficient (Wildman–Crippen LogP) is 6.03. The van der Waals surface area contributed by atoms with E-state index in [4.69, 9.17) is 0 Å². The Hall–Kier alpha value is -3.04. The van der Waals surface area contributed by atoms with Crippen molar-refractivity contribution in [3.05, 3.63) is 53.5 Å². The van der Waals surface area contributed by atoms with Crippen molar-refractivity contribution in [2.24, 2.45) is 5.41 Å². The van der Waals surface area contributed by atoms with Gasteiger partial charge in [0, 0.05) is 41.0 Å². The first-order chi connectivity index (χ1) is 17.1. The first kappa shape index (κ1) is 27.0. The first-order valence-electron chi connectivity index (χ1n) is 11.5. The molecule has 1 aliphatic carbocycles. The number of pyridine rings is 1. The molecule has 0 saturated heterocycles. The molecule has 0 aliphatic heterocycles. The Labute approximate surface area is 211 Å². The molecular formula is C25H25F5N4O2S. The van der Waals surface area contributed by atoms with Crippen LogP contribution < -0.4 is 4.72 Å². The minimum absolute atomic E-state index is 0.0211. The lowest BCUT2D eigenvalue weighted by molar-refractivity contribution is -0.140. The molecule has 0 bridgehead atoms. The van der Waals surface area contributed by atoms with Gasteiger partial charge in [-0.25, -0.2) is 21.9 Å². The summed E-state index contributed by atoms with van der Waals surface area (Å²) in [6.07, 6.45) is -4.78. The summed E-state index contributed by atoms with van der Waals surface area (Å²) in [6.45, 7) is 6.01. The Morgan fingerprint density at radius 1 is 1.19 bits per heavy atom. The van der Waals surface area contributed by atoms with Gasteiger partial charge in [0.25, 0.3) is 6.43 Å². The highest BCUT2D eigenvalue weighted by Crippen LogP contribution is 2.40. The smallest absolute Gasteiger partial charge is 0.347 e. The maximum absolute atomic E-state index is 14.2. The van der Waals surface area contributed by atoms with Gasteiger partial charge in [0.05, 0.1) is 16.9 Å². The molecule has 1 aliphatic rings. The third kappa shape index (κ3) is 5.62. The van der Waals surface area contributed by atoms with Crippen molar-refractivity contribution in [2.45, 2.75) is 64.1 Å². The van der Waals surface area contributed by atoms with Crippen molar-refractivity contribution in [1.82, 2.24) is 14.3 Å². The normalized spacial score (nSPS) is 15.8. The van der Waals surface area contributed by atoms with E-state index in [0.29, 0.717) is 24.9 Å². The van der Waals surface area contributed by atoms with Gasteiger partial charge in [0.2, 0.25) is 10.0 Å². The van der Waals surface area contributed by atoms with Crippen LogP contribution in [0.1, 0.15) is 56.5 Å². The van der Waals surface area contributed by atoms with Crippen molar-refractivity contribution >= 4 is 20.9 Å². The fraction of sp³-hybridized carbons (Fsp3) is 0.440. The molecule has 6 nitrogen and oxygen atoms in total. The van der Waals surface area contributed by atoms with Crippen LogP contribution >= 0.6 is 0 Å². The molecule has 1 saturated carbocycles. The van der Waals surface area contributed by atoms with Crippen LogP contribution in [0.4, 0.5) is 22.0 Å². The monoisotopic (exact) mass is 540 g/mol. The molecule has 1 fully saturated rings. The Kier molecular flexibility index (Phi) is 6.84. The van der Waals surface area contributed by atoms with E-state index in [1.807, 2.05) is 20.8 Å². The van der Waals surface area contributed by atoms with Gasteiger partial charge in [0.1, 0.15) is 6.04 Å². The Morgan fingerprint density at radius 2 is 1.86 bits per heavy atom. The van der Waals surface area contributed by atoms with Crippen LogP contribution in [0.3, 0.4) is 0 Å². The van der Waals surface area contributed by atoms with Crippen LogP contribution in [0.2, 0.25) is 0 Å². The predicted molar refractivity (Wildman–Crippen MR) is 128 cm³/mol. The molecule has 1 atom stereocenters. The largest absolute Gasteiger partial charge is 0.434 e. The number of hydrogen-bond acceptors (Lipinski definition) is 4. The number of aromatic nitrogens is 2. The molecule has 0 radical (unpaired) electrons. The van der Waals surface area contributed by atoms with Gasteiger partial charge in [-0.15, -0.1) is 0 Å². The van der Waals surface area contributed by atoms with E-state index in [0.717, 1.165) is 6.20 Å². The lowest BCUT2D eigenvalue weighted by atomic mass is 9.95. The zero-order chi connectivity index (χ0) is 27.3. The minimum atomic E-state index is -4.84. The van der Waals surface area contributed by atoms with Crippen molar-refractivity contribution in [1.29, 1.82) is 5.26 Å². The molecule has 12 heteroatoms. The molecule has 4 rings (SSSR count). The third-order valence-corrected chi connectivity index (χ3v) is 7.96. The van der Waals surface area contributed by atoms with Gasteiger partial charge in [-0.1, -0.05) is 32.9 Å². The zero-order valence-corrected chi connectivity index (χ0v) is 21.1. The number of alkyl halides is 5. The summed E-state index contributed by atoms with van der Waals surface area (Å²) in [6, 6.07) is 5.19. The van der Waals surface area contributed by atoms with Crippen LogP contribution in [0.25, 0.3) is 22.0 Å². The molecule has 3 aromatic rings. The molecule has 1 aromatic carbocycles. The van der Waals surface area contributed by atoms with Gasteiger partial charge in [-0.05, 0) is 36.0 Å². The summed E-state index contributed by atoms with van der Waals surface area (Å²) in [5.41, 5.74) is -1.84. The zero-order valence-electron chi connectivity index (χ0n) is 20.3. The van der Waals surface area contributed by atoms with Crippen molar-refractivity contribution < 1.29 is 30.4 Å². The van der Waals surface area contributed by atoms with Crippen LogP contribution in [0, 0.1) is 16.7 Å². The molecule has 0 amide bonds. The third-order valence-electron chi connectivity index (χ3n) is 6.03. The fourth-order valence-corrected chi connectivity index (χ4v) is 5.86. The first-order valence-corrected chi connectivity index (χ1v) is 13.1. The molecule has 0 unspecified atom stereocenters. The highest BCUT2D eigenvalue weighted by molar-refractivity contribution is 7.90. The lowest BCUT2D eigenvalue weighted by Crippen LogP contribution is -2.35. The number of benzene rings is 1. The number of rotatable bonds is 7. The molecule has 37 heavy (non-hydrogen) atoms. The van der Waals surface area contributed by atoms with E-state index >= 15 is 0 Å². The molecule has 0 spiro atoms. The van der Waals surface area contributed by atoms with Gasteiger partial charge in [0.15, 0.2) is 5.69 Å². The molecular weight excluding hydrogens is 515 g/mol. The number of sulfonamides is 1. The number of halogens is 5. The van der Waals surface area contributed by atoms with Crippen molar-refractivity contribution in [3.63, 3.8) is 0 Å². The quantitative estimate of drug-likeness (QED) is 0.371. The number of nitrogens with zero attached hydrogens (tertiary/aromatic N) is 3. The second kappa shape index (κ2) is 9.36. The van der Waals surface area contributed by atoms with Crippen LogP contribution in [0.15, 0.2) is 36.7 Å². The van der Waals surface area contributed by atoms with Crippen molar-refractivity contribution in [2.75, 3.05) is 0 Å². The van der Waals surface area contributed by atoms with Gasteiger partial charge >= 0.3 is 6.18 Å². The number of nitriles is 1. The highest BCUT2D eigenvalue weighted by Gasteiger charge is 2.40. The van der Waals surface area contributed by atoms with E-state index in [9.17, 15) is 35.6 Å². The van der Waals surface area contributed by atoms with E-state index in [2.05, 4.69) is 9.71 Å². The standard InChI is InChI=1S/C25H25F5N4O2S/c1-24(2,3)13-34-12-18(21(23(26)27)33-37(35,36)16-5-6-16)17-7-4-14(10-19(17)34)20-15(11-31)8-9-32-22(20)25(28,29)30/h4,7-10,12,16,21,23,33H,5-6,13H2,1-3H3/t21-/m0/s1. The van der Waals surface area contributed by atoms with Crippen LogP contribution in [0.5, 0.6) is 0 Å². The number of fused-ring (bicyclic) bond motifs is 1. The second-order valence-corrected chi connectivity index (χ2v) is 12.4. The van der Waals surface area contributed by atoms with E-state index in [1.165, 1.54) is 30.5 Å². The SMILES string of the molecule is CC(C)(C)Cn1cc([C@H](NS(=O)(=O)C2CC2)C(F)F)c2ccc(-c3c(C#N)ccnc3C(F)(F)F)cc21. The number of nitrogens with one attached hydrogen (secondary N) is 1. The molecule has 2 aromatic heterocycles. The summed E-state index contributed by atoms with van der Waals surface area (Å²) in [5, 5.41) is 9.05. The topological polar surface area (TPSA) is 87.8 Å². The minimum Gasteiger partial charge on any atom is -0.347 e. The maximum Gasteiger partial charge on any atom is 0.434 e. The Morgan fingerprint density at radius 3 is 2.41 bits per heavy atom. The summed E-state index contributed by atoms with van der Waals surface area (Å²) in [4.78, 5) is 3.46. The van der Waals surface area contributed by atoms with E-state index < -0.39 is 45.2 Å². The average Bonchev–Trinajstić information content (AvgIpc) is 3.60. The van der Waals surface area contributed by atoms with Crippen molar-refractivity contribution in [3.8, 4) is 17.2 Å². The maximum atomic E-state index is 14.2. The summed E-state index contributed by atoms with van der Waals surface area (Å²) in [5.74, 6) is 0. The van der Waals surface area contributed by atoms with E-state index in [-0.39, 0.29) is 27.5 Å². The second-order valence-electron chi connectivity index (χ2n) is 10.4. The fourth-order valence-electron chi connectivity index (χ4n) is 4.33. The lowest BCUT2D eigenvalue weighted by Gasteiger charge is -2.20. The summed E-state index contributed by atoms with van der Waals surface area (Å²) < 4.78 is 98.5. The highest BCUT2D eigenvalue weighted by atomic mass is 32.2. The summed E-state index contributed by atoms with van der Waals surface area (Å²) in [7, 11) is -3.96. The van der Waals surface area contributed by atoms with Crippen LogP contribution in [-0.2, 0) is 22.7 Å². The van der Waals surface area contributed by atoms with Crippen LogP contribution in [-0.4, -0.2) is 29.6 Å². The molecule has 2 heterocycles. The van der Waals surface area contributed by atoms with Gasteiger partial charge < -0.3 is 4.57 Å². The molecule has 1 N–H and O–H groups in total. The van der Waals surface area contributed by atoms with Gasteiger partial charge in [-0.3, -0.25) is 4.98 Å². The average molecular weight is 541 g/mol. The Balaban J connectivity index is 1.94. The van der Waals surface area contributed by atoms with Gasteiger partial charge in [-0.2, -0.15) is 18.4 Å².